The van der Waals surface area contributed by atoms with Crippen LogP contribution in [0.5, 0.6) is 23.0 Å². The summed E-state index contributed by atoms with van der Waals surface area (Å²) in [4.78, 5) is 11.2. The molecule has 0 atom stereocenters. The van der Waals surface area contributed by atoms with E-state index in [9.17, 15) is 9.90 Å². The van der Waals surface area contributed by atoms with E-state index in [1.54, 1.807) is 44.6 Å². The van der Waals surface area contributed by atoms with Crippen LogP contribution in [0.15, 0.2) is 36.4 Å². The van der Waals surface area contributed by atoms with Gasteiger partial charge in [0, 0.05) is 5.56 Å². The summed E-state index contributed by atoms with van der Waals surface area (Å²) in [5.74, 6) is 0.978. The van der Waals surface area contributed by atoms with Gasteiger partial charge in [-0.3, -0.25) is 0 Å². The van der Waals surface area contributed by atoms with Crippen molar-refractivity contribution in [1.82, 2.24) is 0 Å². The Morgan fingerprint density at radius 2 is 1.57 bits per heavy atom. The summed E-state index contributed by atoms with van der Waals surface area (Å²) in [7, 11) is 4.57. The second-order valence-electron chi connectivity index (χ2n) is 4.63. The van der Waals surface area contributed by atoms with E-state index in [0.717, 1.165) is 5.56 Å². The number of aromatic carboxylic acids is 1. The molecule has 0 fully saturated rings. The normalized spacial score (nSPS) is 10.0. The maximum Gasteiger partial charge on any atom is 0.339 e. The number of rotatable bonds is 7. The summed E-state index contributed by atoms with van der Waals surface area (Å²) in [6.07, 6.45) is 0. The molecule has 2 rings (SSSR count). The van der Waals surface area contributed by atoms with Crippen molar-refractivity contribution in [2.75, 3.05) is 21.3 Å². The molecular weight excluding hydrogens is 300 g/mol. The topological polar surface area (TPSA) is 74.2 Å². The van der Waals surface area contributed by atoms with E-state index >= 15 is 0 Å². The van der Waals surface area contributed by atoms with E-state index < -0.39 is 5.97 Å². The predicted octanol–water partition coefficient (Wildman–Crippen LogP) is 2.99. The Balaban J connectivity index is 2.21. The van der Waals surface area contributed by atoms with Crippen LogP contribution in [0.25, 0.3) is 0 Å². The smallest absolute Gasteiger partial charge is 0.339 e. The summed E-state index contributed by atoms with van der Waals surface area (Å²) in [6.45, 7) is 0.214. The summed E-state index contributed by atoms with van der Waals surface area (Å²) < 4.78 is 21.2. The monoisotopic (exact) mass is 318 g/mol. The molecule has 2 aromatic rings. The zero-order chi connectivity index (χ0) is 16.8. The molecule has 2 aromatic carbocycles. The van der Waals surface area contributed by atoms with Crippen LogP contribution in [-0.2, 0) is 6.61 Å². The van der Waals surface area contributed by atoms with Gasteiger partial charge >= 0.3 is 5.97 Å². The quantitative estimate of drug-likeness (QED) is 0.846. The van der Waals surface area contributed by atoms with Crippen LogP contribution in [0.4, 0.5) is 0 Å². The number of ether oxygens (including phenoxy) is 4. The van der Waals surface area contributed by atoms with Gasteiger partial charge in [-0.25, -0.2) is 4.79 Å². The highest BCUT2D eigenvalue weighted by atomic mass is 16.5. The summed E-state index contributed by atoms with van der Waals surface area (Å²) in [5, 5.41) is 9.18. The van der Waals surface area contributed by atoms with Crippen molar-refractivity contribution in [3.05, 3.63) is 47.5 Å². The van der Waals surface area contributed by atoms with Crippen molar-refractivity contribution < 1.29 is 28.8 Å². The Morgan fingerprint density at radius 3 is 2.17 bits per heavy atom. The SMILES string of the molecule is COc1ccc(OC)c(COc2ccc(OC)c(C(=O)O)c2)c1. The van der Waals surface area contributed by atoms with E-state index in [-0.39, 0.29) is 17.9 Å². The maximum absolute atomic E-state index is 11.2. The molecule has 0 radical (unpaired) electrons. The summed E-state index contributed by atoms with van der Waals surface area (Å²) >= 11 is 0. The van der Waals surface area contributed by atoms with Gasteiger partial charge in [0.2, 0.25) is 0 Å². The number of carboxylic acids is 1. The fraction of sp³-hybridized carbons (Fsp3) is 0.235. The van der Waals surface area contributed by atoms with E-state index in [1.165, 1.54) is 13.2 Å². The molecule has 0 aliphatic carbocycles. The Bertz CT molecular complexity index is 695. The molecule has 0 aromatic heterocycles. The molecule has 0 spiro atoms. The lowest BCUT2D eigenvalue weighted by Gasteiger charge is -2.13. The number of hydrogen-bond acceptors (Lipinski definition) is 5. The molecule has 0 bridgehead atoms. The van der Waals surface area contributed by atoms with Crippen LogP contribution in [0, 0.1) is 0 Å². The Hall–Kier alpha value is -2.89. The zero-order valence-corrected chi connectivity index (χ0v) is 13.2. The second kappa shape index (κ2) is 7.40. The first-order valence-electron chi connectivity index (χ1n) is 6.84. The number of carboxylic acid groups (broad SMARTS) is 1. The molecule has 0 aliphatic heterocycles. The highest BCUT2D eigenvalue weighted by molar-refractivity contribution is 5.91. The van der Waals surface area contributed by atoms with Crippen LogP contribution in [0.3, 0.4) is 0 Å². The van der Waals surface area contributed by atoms with Crippen molar-refractivity contribution in [2.24, 2.45) is 0 Å². The number of carbonyl (C=O) groups is 1. The third-order valence-electron chi connectivity index (χ3n) is 3.28. The van der Waals surface area contributed by atoms with E-state index in [2.05, 4.69) is 0 Å². The van der Waals surface area contributed by atoms with Gasteiger partial charge in [-0.15, -0.1) is 0 Å². The standard InChI is InChI=1S/C17H18O6/c1-20-12-4-6-15(21-2)11(8-12)10-23-13-5-7-16(22-3)14(9-13)17(18)19/h4-9H,10H2,1-3H3,(H,18,19). The molecule has 1 N–H and O–H groups in total. The van der Waals surface area contributed by atoms with Crippen LogP contribution in [0.1, 0.15) is 15.9 Å². The molecule has 0 saturated carbocycles. The lowest BCUT2D eigenvalue weighted by Crippen LogP contribution is -2.03. The molecule has 6 heteroatoms. The third-order valence-corrected chi connectivity index (χ3v) is 3.28. The van der Waals surface area contributed by atoms with Crippen molar-refractivity contribution in [3.8, 4) is 23.0 Å². The minimum absolute atomic E-state index is 0.0441. The van der Waals surface area contributed by atoms with Crippen LogP contribution in [-0.4, -0.2) is 32.4 Å². The molecule has 0 saturated heterocycles. The molecule has 6 nitrogen and oxygen atoms in total. The molecular formula is C17H18O6. The largest absolute Gasteiger partial charge is 0.497 e. The highest BCUT2D eigenvalue weighted by Gasteiger charge is 2.13. The van der Waals surface area contributed by atoms with Crippen molar-refractivity contribution in [3.63, 3.8) is 0 Å². The maximum atomic E-state index is 11.2. The van der Waals surface area contributed by atoms with Gasteiger partial charge in [0.05, 0.1) is 21.3 Å². The number of hydrogen-bond donors (Lipinski definition) is 1. The van der Waals surface area contributed by atoms with E-state index in [0.29, 0.717) is 17.2 Å². The van der Waals surface area contributed by atoms with Crippen LogP contribution in [0.2, 0.25) is 0 Å². The van der Waals surface area contributed by atoms with Crippen LogP contribution >= 0.6 is 0 Å². The van der Waals surface area contributed by atoms with Gasteiger partial charge in [-0.1, -0.05) is 0 Å². The first kappa shape index (κ1) is 16.5. The Kier molecular flexibility index (Phi) is 5.30. The van der Waals surface area contributed by atoms with Gasteiger partial charge in [-0.2, -0.15) is 0 Å². The Labute approximate surface area is 134 Å². The molecule has 0 aliphatic rings. The molecule has 0 amide bonds. The van der Waals surface area contributed by atoms with Gasteiger partial charge in [0.15, 0.2) is 0 Å². The van der Waals surface area contributed by atoms with Gasteiger partial charge in [0.25, 0.3) is 0 Å². The van der Waals surface area contributed by atoms with Gasteiger partial charge < -0.3 is 24.1 Å². The van der Waals surface area contributed by atoms with E-state index in [4.69, 9.17) is 18.9 Å². The summed E-state index contributed by atoms with van der Waals surface area (Å²) in [5.41, 5.74) is 0.835. The third kappa shape index (κ3) is 3.85. The average molecular weight is 318 g/mol. The lowest BCUT2D eigenvalue weighted by atomic mass is 10.2. The average Bonchev–Trinajstić information content (AvgIpc) is 2.59. The fourth-order valence-corrected chi connectivity index (χ4v) is 2.10. The first-order valence-corrected chi connectivity index (χ1v) is 6.84. The van der Waals surface area contributed by atoms with Crippen molar-refractivity contribution in [2.45, 2.75) is 6.61 Å². The minimum atomic E-state index is -1.08. The summed E-state index contributed by atoms with van der Waals surface area (Å²) in [6, 6.07) is 10.0. The second-order valence-corrected chi connectivity index (χ2v) is 4.63. The van der Waals surface area contributed by atoms with Crippen molar-refractivity contribution >= 4 is 5.97 Å². The highest BCUT2D eigenvalue weighted by Crippen LogP contribution is 2.28. The van der Waals surface area contributed by atoms with Gasteiger partial charge in [0.1, 0.15) is 35.2 Å². The zero-order valence-electron chi connectivity index (χ0n) is 13.2. The van der Waals surface area contributed by atoms with Crippen LogP contribution < -0.4 is 18.9 Å². The predicted molar refractivity (Wildman–Crippen MR) is 83.8 cm³/mol. The Morgan fingerprint density at radius 1 is 0.913 bits per heavy atom. The lowest BCUT2D eigenvalue weighted by molar-refractivity contribution is 0.0692. The number of methoxy groups -OCH3 is 3. The fourth-order valence-electron chi connectivity index (χ4n) is 2.10. The molecule has 23 heavy (non-hydrogen) atoms. The molecule has 0 unspecified atom stereocenters. The van der Waals surface area contributed by atoms with Crippen molar-refractivity contribution in [1.29, 1.82) is 0 Å². The minimum Gasteiger partial charge on any atom is -0.497 e. The molecule has 122 valence electrons. The molecule has 0 heterocycles. The first-order chi connectivity index (χ1) is 11.1. The van der Waals surface area contributed by atoms with Gasteiger partial charge in [-0.05, 0) is 36.4 Å². The number of benzene rings is 2. The van der Waals surface area contributed by atoms with E-state index in [1.807, 2.05) is 0 Å².